The smallest absolute Gasteiger partial charge is 0.347 e. The van der Waals surface area contributed by atoms with Gasteiger partial charge < -0.3 is 14.8 Å². The lowest BCUT2D eigenvalue weighted by Crippen LogP contribution is -2.46. The lowest BCUT2D eigenvalue weighted by molar-refractivity contribution is -0.0167. The fraction of sp³-hybridized carbons (Fsp3) is 0.346. The molecule has 2 aromatic carbocycles. The molecule has 1 aromatic heterocycles. The number of rotatable bonds is 8. The zero-order valence-corrected chi connectivity index (χ0v) is 22.9. The van der Waals surface area contributed by atoms with E-state index in [1.165, 1.54) is 4.57 Å². The van der Waals surface area contributed by atoms with Crippen LogP contribution in [0.2, 0.25) is 10.0 Å². The predicted octanol–water partition coefficient (Wildman–Crippen LogP) is 5.05. The van der Waals surface area contributed by atoms with Crippen LogP contribution in [0, 0.1) is 4.77 Å². The molecule has 37 heavy (non-hydrogen) atoms. The highest BCUT2D eigenvalue weighted by molar-refractivity contribution is 7.71. The van der Waals surface area contributed by atoms with Crippen LogP contribution in [0.25, 0.3) is 5.69 Å². The van der Waals surface area contributed by atoms with Crippen LogP contribution in [0.1, 0.15) is 29.3 Å². The Morgan fingerprint density at radius 2 is 1.95 bits per heavy atom. The number of morpholine rings is 1. The number of anilines is 1. The molecule has 1 aliphatic heterocycles. The summed E-state index contributed by atoms with van der Waals surface area (Å²) in [7, 11) is 1.54. The highest BCUT2D eigenvalue weighted by Gasteiger charge is 2.28. The summed E-state index contributed by atoms with van der Waals surface area (Å²) in [5, 5.41) is 4.29. The molecule has 2 heterocycles. The van der Waals surface area contributed by atoms with E-state index in [0.29, 0.717) is 48.4 Å². The van der Waals surface area contributed by atoms with Crippen LogP contribution in [0.4, 0.5) is 5.82 Å². The Morgan fingerprint density at radius 3 is 2.65 bits per heavy atom. The van der Waals surface area contributed by atoms with E-state index < -0.39 is 17.8 Å². The zero-order chi connectivity index (χ0) is 26.5. The van der Waals surface area contributed by atoms with Crippen molar-refractivity contribution in [3.8, 4) is 5.69 Å². The fourth-order valence-corrected chi connectivity index (χ4v) is 4.70. The number of carbonyl (C=O) groups is 1. The van der Waals surface area contributed by atoms with E-state index in [1.54, 1.807) is 17.7 Å². The molecule has 1 atom stereocenters. The maximum Gasteiger partial charge on any atom is 0.347 e. The average Bonchev–Trinajstić information content (AvgIpc) is 2.89. The number of halogens is 2. The van der Waals surface area contributed by atoms with E-state index in [1.807, 2.05) is 49.4 Å². The second kappa shape index (κ2) is 12.2. The van der Waals surface area contributed by atoms with Crippen molar-refractivity contribution >= 4 is 47.2 Å². The van der Waals surface area contributed by atoms with Crippen molar-refractivity contribution < 1.29 is 14.3 Å². The Balaban J connectivity index is 1.71. The van der Waals surface area contributed by atoms with Gasteiger partial charge in [-0.25, -0.2) is 4.79 Å². The van der Waals surface area contributed by atoms with Crippen LogP contribution in [0.5, 0.6) is 0 Å². The summed E-state index contributed by atoms with van der Waals surface area (Å²) in [5.41, 5.74) is 1.04. The molecule has 1 fully saturated rings. The SMILES string of the molecule is CCCOC(=O)c1c(NC2CN(Cc3ccc(Cl)c(Cl)c3)CCO2)n(-c2ccccc2)c(=S)n(C)c1=O. The van der Waals surface area contributed by atoms with Crippen molar-refractivity contribution in [2.45, 2.75) is 26.1 Å². The topological polar surface area (TPSA) is 77.7 Å². The Hall–Kier alpha value is -2.69. The van der Waals surface area contributed by atoms with Crippen molar-refractivity contribution in [3.63, 3.8) is 0 Å². The van der Waals surface area contributed by atoms with Crippen LogP contribution in [-0.4, -0.2) is 52.5 Å². The van der Waals surface area contributed by atoms with Gasteiger partial charge in [0.2, 0.25) is 0 Å². The quantitative estimate of drug-likeness (QED) is 0.304. The minimum atomic E-state index is -0.715. The maximum absolute atomic E-state index is 13.3. The minimum absolute atomic E-state index is 0.126. The number of ether oxygens (including phenoxy) is 2. The number of carbonyl (C=O) groups excluding carboxylic acids is 1. The van der Waals surface area contributed by atoms with Gasteiger partial charge in [0.05, 0.1) is 23.3 Å². The first kappa shape index (κ1) is 27.3. The first-order valence-corrected chi connectivity index (χ1v) is 13.1. The number of aromatic nitrogens is 2. The summed E-state index contributed by atoms with van der Waals surface area (Å²) in [4.78, 5) is 28.6. The van der Waals surface area contributed by atoms with Crippen molar-refractivity contribution in [3.05, 3.63) is 84.8 Å². The highest BCUT2D eigenvalue weighted by Crippen LogP contribution is 2.25. The average molecular weight is 564 g/mol. The van der Waals surface area contributed by atoms with E-state index in [0.717, 1.165) is 5.56 Å². The van der Waals surface area contributed by atoms with Crippen LogP contribution >= 0.6 is 35.4 Å². The van der Waals surface area contributed by atoms with Crippen molar-refractivity contribution in [1.82, 2.24) is 14.0 Å². The van der Waals surface area contributed by atoms with E-state index in [2.05, 4.69) is 10.2 Å². The number of para-hydroxylation sites is 1. The summed E-state index contributed by atoms with van der Waals surface area (Å²) in [5.74, 6) is -0.477. The lowest BCUT2D eigenvalue weighted by Gasteiger charge is -2.34. The van der Waals surface area contributed by atoms with Gasteiger partial charge in [0.15, 0.2) is 10.3 Å². The van der Waals surface area contributed by atoms with Crippen LogP contribution in [0.15, 0.2) is 53.3 Å². The Bertz CT molecular complexity index is 1390. The van der Waals surface area contributed by atoms with E-state index in [-0.39, 0.29) is 22.8 Å². The summed E-state index contributed by atoms with van der Waals surface area (Å²) >= 11 is 17.9. The van der Waals surface area contributed by atoms with Gasteiger partial charge in [-0.3, -0.25) is 18.8 Å². The molecule has 0 saturated carbocycles. The summed E-state index contributed by atoms with van der Waals surface area (Å²) < 4.78 is 14.6. The number of hydrogen-bond acceptors (Lipinski definition) is 7. The molecule has 11 heteroatoms. The van der Waals surface area contributed by atoms with Crippen LogP contribution in [-0.2, 0) is 23.1 Å². The molecule has 0 spiro atoms. The van der Waals surface area contributed by atoms with Crippen LogP contribution in [0.3, 0.4) is 0 Å². The van der Waals surface area contributed by atoms with Crippen molar-refractivity contribution in [2.24, 2.45) is 7.05 Å². The first-order chi connectivity index (χ1) is 17.8. The van der Waals surface area contributed by atoms with Gasteiger partial charge in [-0.2, -0.15) is 0 Å². The zero-order valence-electron chi connectivity index (χ0n) is 20.6. The largest absolute Gasteiger partial charge is 0.462 e. The fourth-order valence-electron chi connectivity index (χ4n) is 4.10. The molecule has 1 N–H and O–H groups in total. The Morgan fingerprint density at radius 1 is 1.19 bits per heavy atom. The van der Waals surface area contributed by atoms with E-state index in [9.17, 15) is 9.59 Å². The van der Waals surface area contributed by atoms with Gasteiger partial charge >= 0.3 is 5.97 Å². The third-order valence-corrected chi connectivity index (χ3v) is 7.15. The Kier molecular flexibility index (Phi) is 9.04. The molecular weight excluding hydrogens is 535 g/mol. The number of benzene rings is 2. The molecule has 1 unspecified atom stereocenters. The predicted molar refractivity (Wildman–Crippen MR) is 148 cm³/mol. The molecule has 1 aliphatic rings. The molecular formula is C26H28Cl2N4O4S. The molecule has 8 nitrogen and oxygen atoms in total. The molecule has 196 valence electrons. The molecule has 1 saturated heterocycles. The second-order valence-electron chi connectivity index (χ2n) is 8.66. The van der Waals surface area contributed by atoms with E-state index >= 15 is 0 Å². The third-order valence-electron chi connectivity index (χ3n) is 5.95. The normalized spacial score (nSPS) is 15.9. The van der Waals surface area contributed by atoms with Gasteiger partial charge in [0, 0.05) is 32.4 Å². The maximum atomic E-state index is 13.3. The minimum Gasteiger partial charge on any atom is -0.462 e. The van der Waals surface area contributed by atoms with Crippen molar-refractivity contribution in [1.29, 1.82) is 0 Å². The number of esters is 1. The van der Waals surface area contributed by atoms with E-state index in [4.69, 9.17) is 44.9 Å². The Labute approximate surface area is 230 Å². The molecule has 0 amide bonds. The standard InChI is InChI=1S/C26H28Cl2N4O4S/c1-3-12-36-25(34)22-23(32(18-7-5-4-6-8-18)26(37)30(2)24(22)33)29-21-16-31(11-13-35-21)15-17-9-10-19(27)20(28)14-17/h4-10,14,21,29H,3,11-13,15-16H2,1-2H3. The number of nitrogens with zero attached hydrogens (tertiary/aromatic N) is 3. The molecule has 4 rings (SSSR count). The molecule has 0 radical (unpaired) electrons. The van der Waals surface area contributed by atoms with Crippen molar-refractivity contribution in [2.75, 3.05) is 31.6 Å². The molecule has 0 bridgehead atoms. The van der Waals surface area contributed by atoms with Crippen LogP contribution < -0.4 is 10.9 Å². The van der Waals surface area contributed by atoms with Gasteiger partial charge in [-0.1, -0.05) is 54.4 Å². The molecule has 3 aromatic rings. The lowest BCUT2D eigenvalue weighted by atomic mass is 10.2. The summed E-state index contributed by atoms with van der Waals surface area (Å²) in [6, 6.07) is 14.9. The summed E-state index contributed by atoms with van der Waals surface area (Å²) in [6.07, 6.45) is 0.105. The van der Waals surface area contributed by atoms with Gasteiger partial charge in [0.1, 0.15) is 12.0 Å². The van der Waals surface area contributed by atoms with Gasteiger partial charge in [0.25, 0.3) is 5.56 Å². The molecule has 0 aliphatic carbocycles. The van der Waals surface area contributed by atoms with Gasteiger partial charge in [-0.05, 0) is 48.5 Å². The second-order valence-corrected chi connectivity index (χ2v) is 9.84. The number of nitrogens with one attached hydrogen (secondary N) is 1. The number of hydrogen-bond donors (Lipinski definition) is 1. The third kappa shape index (κ3) is 6.25. The highest BCUT2D eigenvalue weighted by atomic mass is 35.5. The van der Waals surface area contributed by atoms with Gasteiger partial charge in [-0.15, -0.1) is 0 Å². The first-order valence-electron chi connectivity index (χ1n) is 11.9. The monoisotopic (exact) mass is 562 g/mol. The summed E-state index contributed by atoms with van der Waals surface area (Å²) in [6.45, 7) is 4.35.